The van der Waals surface area contributed by atoms with Crippen molar-refractivity contribution in [1.29, 1.82) is 0 Å². The highest BCUT2D eigenvalue weighted by Crippen LogP contribution is 2.41. The number of aliphatic hydroxyl groups excluding tert-OH is 1. The van der Waals surface area contributed by atoms with Gasteiger partial charge in [0.25, 0.3) is 0 Å². The quantitative estimate of drug-likeness (QED) is 0.577. The molecular formula is C19H29N3O. The highest BCUT2D eigenvalue weighted by Gasteiger charge is 2.33. The van der Waals surface area contributed by atoms with Crippen molar-refractivity contribution in [3.63, 3.8) is 0 Å². The first kappa shape index (κ1) is 16.3. The van der Waals surface area contributed by atoms with Crippen molar-refractivity contribution in [3.05, 3.63) is 29.3 Å². The number of fused-ring (bicyclic) bond motifs is 1. The Morgan fingerprint density at radius 2 is 1.96 bits per heavy atom. The number of aliphatic hydroxyl groups is 1. The van der Waals surface area contributed by atoms with Crippen molar-refractivity contribution in [2.24, 2.45) is 16.1 Å². The van der Waals surface area contributed by atoms with E-state index in [4.69, 9.17) is 5.73 Å². The number of anilines is 1. The second-order valence-electron chi connectivity index (χ2n) is 7.16. The zero-order valence-corrected chi connectivity index (χ0v) is 14.0. The average Bonchev–Trinajstić information content (AvgIpc) is 3.03. The van der Waals surface area contributed by atoms with E-state index in [1.165, 1.54) is 43.2 Å². The maximum absolute atomic E-state index is 9.33. The van der Waals surface area contributed by atoms with Gasteiger partial charge in [-0.2, -0.15) is 0 Å². The lowest BCUT2D eigenvalue weighted by molar-refractivity contribution is 0.191. The summed E-state index contributed by atoms with van der Waals surface area (Å²) in [5.41, 5.74) is 10.3. The Bertz CT molecular complexity index is 562. The van der Waals surface area contributed by atoms with Crippen molar-refractivity contribution >= 4 is 11.6 Å². The minimum atomic E-state index is 0.164. The smallest absolute Gasteiger partial charge is 0.193 e. The molecule has 4 N–H and O–H groups in total. The number of nitrogens with one attached hydrogen (secondary N) is 1. The standard InChI is InChI=1S/C19H29N3O/c20-18(21-14-19(12-13-23)10-3-4-11-19)22-17-9-5-7-15-6-1-2-8-16(15)17/h5,7,9,23H,1-4,6,8,10-14H2,(H3,20,21,22). The highest BCUT2D eigenvalue weighted by molar-refractivity contribution is 5.93. The van der Waals surface area contributed by atoms with Gasteiger partial charge in [-0.3, -0.25) is 4.99 Å². The Hall–Kier alpha value is -1.55. The van der Waals surface area contributed by atoms with Gasteiger partial charge in [-0.1, -0.05) is 25.0 Å². The monoisotopic (exact) mass is 315 g/mol. The summed E-state index contributed by atoms with van der Waals surface area (Å²) in [6, 6.07) is 6.43. The third-order valence-electron chi connectivity index (χ3n) is 5.55. The summed E-state index contributed by atoms with van der Waals surface area (Å²) in [4.78, 5) is 4.61. The molecule has 3 rings (SSSR count). The number of rotatable bonds is 5. The maximum Gasteiger partial charge on any atom is 0.193 e. The van der Waals surface area contributed by atoms with Crippen LogP contribution >= 0.6 is 0 Å². The van der Waals surface area contributed by atoms with Crippen LogP contribution in [0.15, 0.2) is 23.2 Å². The molecule has 2 aliphatic rings. The lowest BCUT2D eigenvalue weighted by Crippen LogP contribution is -2.28. The minimum Gasteiger partial charge on any atom is -0.396 e. The van der Waals surface area contributed by atoms with Crippen molar-refractivity contribution in [2.45, 2.75) is 57.8 Å². The van der Waals surface area contributed by atoms with Crippen LogP contribution < -0.4 is 11.1 Å². The summed E-state index contributed by atoms with van der Waals surface area (Å²) in [6.45, 7) is 0.969. The number of nitrogens with two attached hydrogens (primary N) is 1. The predicted octanol–water partition coefficient (Wildman–Crippen LogP) is 3.23. The van der Waals surface area contributed by atoms with Crippen molar-refractivity contribution in [3.8, 4) is 0 Å². The fourth-order valence-electron chi connectivity index (χ4n) is 4.18. The van der Waals surface area contributed by atoms with Gasteiger partial charge < -0.3 is 16.2 Å². The minimum absolute atomic E-state index is 0.164. The van der Waals surface area contributed by atoms with Gasteiger partial charge in [0.05, 0.1) is 0 Å². The lowest BCUT2D eigenvalue weighted by Gasteiger charge is -2.26. The van der Waals surface area contributed by atoms with Crippen LogP contribution in [-0.2, 0) is 12.8 Å². The number of aryl methyl sites for hydroxylation is 1. The van der Waals surface area contributed by atoms with Crippen LogP contribution in [0.5, 0.6) is 0 Å². The molecule has 0 bridgehead atoms. The Morgan fingerprint density at radius 1 is 1.17 bits per heavy atom. The van der Waals surface area contributed by atoms with Gasteiger partial charge in [0.1, 0.15) is 0 Å². The number of nitrogens with zero attached hydrogens (tertiary/aromatic N) is 1. The first-order valence-electron chi connectivity index (χ1n) is 9.01. The van der Waals surface area contributed by atoms with Crippen LogP contribution in [0.25, 0.3) is 0 Å². The molecule has 0 unspecified atom stereocenters. The van der Waals surface area contributed by atoms with E-state index in [-0.39, 0.29) is 12.0 Å². The van der Waals surface area contributed by atoms with E-state index < -0.39 is 0 Å². The van der Waals surface area contributed by atoms with Gasteiger partial charge in [-0.15, -0.1) is 0 Å². The van der Waals surface area contributed by atoms with Crippen molar-refractivity contribution in [2.75, 3.05) is 18.5 Å². The molecule has 0 amide bonds. The maximum atomic E-state index is 9.33. The molecule has 1 saturated carbocycles. The molecule has 1 fully saturated rings. The summed E-state index contributed by atoms with van der Waals surface area (Å²) in [6.07, 6.45) is 10.5. The number of guanidine groups is 1. The molecule has 0 aliphatic heterocycles. The van der Waals surface area contributed by atoms with Crippen LogP contribution in [0, 0.1) is 5.41 Å². The van der Waals surface area contributed by atoms with Gasteiger partial charge in [0.15, 0.2) is 5.96 Å². The van der Waals surface area contributed by atoms with E-state index in [9.17, 15) is 5.11 Å². The van der Waals surface area contributed by atoms with E-state index in [1.807, 2.05) is 0 Å². The fraction of sp³-hybridized carbons (Fsp3) is 0.632. The second kappa shape index (κ2) is 7.35. The lowest BCUT2D eigenvalue weighted by atomic mass is 9.83. The largest absolute Gasteiger partial charge is 0.396 e. The van der Waals surface area contributed by atoms with E-state index in [0.29, 0.717) is 5.96 Å². The Balaban J connectivity index is 1.68. The van der Waals surface area contributed by atoms with Crippen LogP contribution in [0.3, 0.4) is 0 Å². The zero-order valence-electron chi connectivity index (χ0n) is 14.0. The van der Waals surface area contributed by atoms with Crippen LogP contribution in [0.1, 0.15) is 56.1 Å². The van der Waals surface area contributed by atoms with E-state index in [1.54, 1.807) is 0 Å². The molecule has 4 heteroatoms. The van der Waals surface area contributed by atoms with Gasteiger partial charge >= 0.3 is 0 Å². The Labute approximate surface area is 139 Å². The molecular weight excluding hydrogens is 286 g/mol. The van der Waals surface area contributed by atoms with E-state index >= 15 is 0 Å². The molecule has 0 atom stereocenters. The van der Waals surface area contributed by atoms with E-state index in [0.717, 1.165) is 37.9 Å². The second-order valence-corrected chi connectivity index (χ2v) is 7.16. The van der Waals surface area contributed by atoms with E-state index in [2.05, 4.69) is 28.5 Å². The van der Waals surface area contributed by atoms with Crippen LogP contribution in [0.2, 0.25) is 0 Å². The fourth-order valence-corrected chi connectivity index (χ4v) is 4.18. The summed E-state index contributed by atoms with van der Waals surface area (Å²) < 4.78 is 0. The van der Waals surface area contributed by atoms with Crippen LogP contribution in [0.4, 0.5) is 5.69 Å². The van der Waals surface area contributed by atoms with Gasteiger partial charge in [-0.05, 0) is 67.6 Å². The van der Waals surface area contributed by atoms with Crippen molar-refractivity contribution < 1.29 is 5.11 Å². The van der Waals surface area contributed by atoms with Gasteiger partial charge in [0.2, 0.25) is 0 Å². The zero-order chi connectivity index (χ0) is 16.1. The summed E-state index contributed by atoms with van der Waals surface area (Å²) in [5, 5.41) is 12.6. The Kier molecular flexibility index (Phi) is 5.21. The molecule has 1 aromatic carbocycles. The molecule has 126 valence electrons. The SMILES string of the molecule is NC(=NCC1(CCO)CCCC1)Nc1cccc2c1CCCC2. The van der Waals surface area contributed by atoms with Crippen molar-refractivity contribution in [1.82, 2.24) is 0 Å². The first-order valence-corrected chi connectivity index (χ1v) is 9.01. The summed E-state index contributed by atoms with van der Waals surface area (Å²) >= 11 is 0. The van der Waals surface area contributed by atoms with Gasteiger partial charge in [-0.25, -0.2) is 0 Å². The molecule has 0 heterocycles. The summed E-state index contributed by atoms with van der Waals surface area (Å²) in [7, 11) is 0. The highest BCUT2D eigenvalue weighted by atomic mass is 16.3. The molecule has 0 spiro atoms. The van der Waals surface area contributed by atoms with Gasteiger partial charge in [0, 0.05) is 18.8 Å². The topological polar surface area (TPSA) is 70.6 Å². The molecule has 0 saturated heterocycles. The normalized spacial score (nSPS) is 20.3. The number of hydrogen-bond acceptors (Lipinski definition) is 2. The number of hydrogen-bond donors (Lipinski definition) is 3. The predicted molar refractivity (Wildman–Crippen MR) is 95.8 cm³/mol. The number of benzene rings is 1. The third-order valence-corrected chi connectivity index (χ3v) is 5.55. The molecule has 0 aromatic heterocycles. The molecule has 0 radical (unpaired) electrons. The number of aliphatic imine (C=N–C) groups is 1. The molecule has 2 aliphatic carbocycles. The summed E-state index contributed by atoms with van der Waals surface area (Å²) in [5.74, 6) is 0.508. The van der Waals surface area contributed by atoms with Crippen LogP contribution in [-0.4, -0.2) is 24.2 Å². The molecule has 4 nitrogen and oxygen atoms in total. The molecule has 1 aromatic rings. The average molecular weight is 315 g/mol. The molecule has 23 heavy (non-hydrogen) atoms. The third kappa shape index (κ3) is 3.86. The Morgan fingerprint density at radius 3 is 2.74 bits per heavy atom. The first-order chi connectivity index (χ1) is 11.2.